The van der Waals surface area contributed by atoms with E-state index in [1.54, 1.807) is 4.90 Å². The van der Waals surface area contributed by atoms with E-state index in [0.717, 1.165) is 12.8 Å². The Morgan fingerprint density at radius 2 is 2.14 bits per heavy atom. The molecule has 1 fully saturated rings. The third-order valence-corrected chi connectivity index (χ3v) is 3.78. The first-order chi connectivity index (χ1) is 10.0. The van der Waals surface area contributed by atoms with Gasteiger partial charge in [0.1, 0.15) is 5.82 Å². The van der Waals surface area contributed by atoms with Crippen LogP contribution >= 0.6 is 12.4 Å². The van der Waals surface area contributed by atoms with Crippen LogP contribution in [0.2, 0.25) is 0 Å². The Bertz CT molecular complexity index is 762. The van der Waals surface area contributed by atoms with Crippen LogP contribution in [0.15, 0.2) is 29.1 Å². The average Bonchev–Trinajstić information content (AvgIpc) is 2.45. The van der Waals surface area contributed by atoms with Crippen LogP contribution in [-0.4, -0.2) is 34.9 Å². The molecule has 2 aromatic rings. The largest absolute Gasteiger partial charge is 0.337 e. The van der Waals surface area contributed by atoms with Crippen molar-refractivity contribution in [2.45, 2.75) is 18.9 Å². The van der Waals surface area contributed by atoms with Gasteiger partial charge in [0.25, 0.3) is 5.91 Å². The normalized spacial score (nSPS) is 18.1. The molecule has 0 radical (unpaired) electrons. The highest BCUT2D eigenvalue weighted by Crippen LogP contribution is 2.19. The van der Waals surface area contributed by atoms with Gasteiger partial charge in [-0.05, 0) is 31.0 Å². The summed E-state index contributed by atoms with van der Waals surface area (Å²) in [5.74, 6) is -0.685. The minimum atomic E-state index is -0.456. The molecule has 7 heteroatoms. The van der Waals surface area contributed by atoms with Gasteiger partial charge in [0.05, 0.1) is 11.1 Å². The van der Waals surface area contributed by atoms with Gasteiger partial charge in [-0.25, -0.2) is 4.39 Å². The first-order valence-electron chi connectivity index (χ1n) is 6.92. The number of benzene rings is 1. The van der Waals surface area contributed by atoms with E-state index in [2.05, 4.69) is 4.98 Å². The summed E-state index contributed by atoms with van der Waals surface area (Å²) < 4.78 is 13.3. The Morgan fingerprint density at radius 1 is 1.36 bits per heavy atom. The number of aromatic amines is 1. The molecule has 5 nitrogen and oxygen atoms in total. The number of fused-ring (bicyclic) bond motifs is 1. The highest BCUT2D eigenvalue weighted by molar-refractivity contribution is 6.06. The zero-order valence-corrected chi connectivity index (χ0v) is 12.7. The second-order valence-corrected chi connectivity index (χ2v) is 5.39. The molecule has 1 unspecified atom stereocenters. The first-order valence-corrected chi connectivity index (χ1v) is 6.92. The Labute approximate surface area is 132 Å². The molecule has 22 heavy (non-hydrogen) atoms. The summed E-state index contributed by atoms with van der Waals surface area (Å²) in [4.78, 5) is 28.5. The summed E-state index contributed by atoms with van der Waals surface area (Å²) in [6.45, 7) is 1.11. The number of aromatic nitrogens is 1. The van der Waals surface area contributed by atoms with Crippen molar-refractivity contribution in [2.24, 2.45) is 5.73 Å². The maximum atomic E-state index is 13.3. The van der Waals surface area contributed by atoms with Gasteiger partial charge < -0.3 is 15.6 Å². The van der Waals surface area contributed by atoms with Gasteiger partial charge in [-0.3, -0.25) is 9.59 Å². The van der Waals surface area contributed by atoms with Gasteiger partial charge in [-0.2, -0.15) is 0 Å². The number of hydrogen-bond donors (Lipinski definition) is 2. The lowest BCUT2D eigenvalue weighted by molar-refractivity contribution is 0.0710. The van der Waals surface area contributed by atoms with E-state index in [0.29, 0.717) is 29.6 Å². The Morgan fingerprint density at radius 3 is 2.86 bits per heavy atom. The highest BCUT2D eigenvalue weighted by atomic mass is 35.5. The molecule has 3 rings (SSSR count). The zero-order valence-electron chi connectivity index (χ0n) is 11.8. The van der Waals surface area contributed by atoms with Crippen molar-refractivity contribution in [2.75, 3.05) is 13.1 Å². The number of nitrogens with zero attached hydrogens (tertiary/aromatic N) is 1. The molecule has 1 aromatic carbocycles. The van der Waals surface area contributed by atoms with Crippen molar-refractivity contribution in [3.63, 3.8) is 0 Å². The summed E-state index contributed by atoms with van der Waals surface area (Å²) in [6, 6.07) is 5.24. The number of carbonyl (C=O) groups excluding carboxylic acids is 1. The monoisotopic (exact) mass is 325 g/mol. The van der Waals surface area contributed by atoms with E-state index in [1.807, 2.05) is 0 Å². The van der Waals surface area contributed by atoms with E-state index >= 15 is 0 Å². The number of H-pyrrole nitrogens is 1. The second kappa shape index (κ2) is 6.46. The summed E-state index contributed by atoms with van der Waals surface area (Å²) in [6.07, 6.45) is 1.74. The van der Waals surface area contributed by atoms with E-state index in [-0.39, 0.29) is 24.4 Å². The van der Waals surface area contributed by atoms with Crippen molar-refractivity contribution < 1.29 is 9.18 Å². The van der Waals surface area contributed by atoms with Gasteiger partial charge in [0.15, 0.2) is 0 Å². The number of carbonyl (C=O) groups is 1. The average molecular weight is 326 g/mol. The first kappa shape index (κ1) is 16.5. The molecule has 2 heterocycles. The van der Waals surface area contributed by atoms with Crippen LogP contribution in [0.3, 0.4) is 0 Å². The summed E-state index contributed by atoms with van der Waals surface area (Å²) >= 11 is 0. The molecule has 1 aromatic heterocycles. The lowest BCUT2D eigenvalue weighted by Gasteiger charge is -2.31. The zero-order chi connectivity index (χ0) is 15.0. The van der Waals surface area contributed by atoms with Crippen molar-refractivity contribution in [3.8, 4) is 0 Å². The quantitative estimate of drug-likeness (QED) is 0.836. The number of likely N-dealkylation sites (tertiary alicyclic amines) is 1. The molecular weight excluding hydrogens is 309 g/mol. The Kier molecular flexibility index (Phi) is 4.83. The molecule has 0 bridgehead atoms. The summed E-state index contributed by atoms with van der Waals surface area (Å²) in [5, 5.41) is 0.542. The van der Waals surface area contributed by atoms with Gasteiger partial charge in [0.2, 0.25) is 5.56 Å². The van der Waals surface area contributed by atoms with Crippen molar-refractivity contribution in [1.82, 2.24) is 9.88 Å². The number of amides is 1. The standard InChI is InChI=1S/C15H16FN3O2.ClH/c16-9-3-4-11-12(7-14(20)18-13(11)6-9)15(21)19-5-1-2-10(17)8-19;/h3-4,6-7,10H,1-2,5,8,17H2,(H,18,20);1H. The van der Waals surface area contributed by atoms with Crippen LogP contribution in [0.1, 0.15) is 23.2 Å². The van der Waals surface area contributed by atoms with Crippen LogP contribution in [0.25, 0.3) is 10.9 Å². The second-order valence-electron chi connectivity index (χ2n) is 5.39. The fraction of sp³-hybridized carbons (Fsp3) is 0.333. The van der Waals surface area contributed by atoms with Crippen molar-refractivity contribution in [3.05, 3.63) is 46.0 Å². The number of rotatable bonds is 1. The van der Waals surface area contributed by atoms with Crippen molar-refractivity contribution in [1.29, 1.82) is 0 Å². The van der Waals surface area contributed by atoms with E-state index in [9.17, 15) is 14.0 Å². The maximum absolute atomic E-state index is 13.3. The van der Waals surface area contributed by atoms with Crippen LogP contribution < -0.4 is 11.3 Å². The Hall–Kier alpha value is -1.92. The predicted octanol–water partition coefficient (Wildman–Crippen LogP) is 1.65. The highest BCUT2D eigenvalue weighted by Gasteiger charge is 2.24. The van der Waals surface area contributed by atoms with Crippen LogP contribution in [0, 0.1) is 5.82 Å². The minimum Gasteiger partial charge on any atom is -0.337 e. The number of pyridine rings is 1. The number of nitrogens with two attached hydrogens (primary N) is 1. The van der Waals surface area contributed by atoms with Crippen LogP contribution in [0.4, 0.5) is 4.39 Å². The summed E-state index contributed by atoms with van der Waals surface area (Å²) in [7, 11) is 0. The summed E-state index contributed by atoms with van der Waals surface area (Å²) in [5.41, 5.74) is 6.09. The molecule has 0 aliphatic carbocycles. The Balaban J connectivity index is 0.00000176. The van der Waals surface area contributed by atoms with E-state index in [1.165, 1.54) is 24.3 Å². The molecule has 1 saturated heterocycles. The molecule has 3 N–H and O–H groups in total. The van der Waals surface area contributed by atoms with E-state index in [4.69, 9.17) is 5.73 Å². The SMILES string of the molecule is Cl.NC1CCCN(C(=O)c2cc(=O)[nH]c3cc(F)ccc23)C1. The molecule has 118 valence electrons. The lowest BCUT2D eigenvalue weighted by atomic mass is 10.0. The minimum absolute atomic E-state index is 0. The topological polar surface area (TPSA) is 79.2 Å². The van der Waals surface area contributed by atoms with Crippen molar-refractivity contribution >= 4 is 29.2 Å². The molecule has 1 atom stereocenters. The van der Waals surface area contributed by atoms with Gasteiger partial charge in [-0.1, -0.05) is 0 Å². The van der Waals surface area contributed by atoms with Gasteiger partial charge >= 0.3 is 0 Å². The van der Waals surface area contributed by atoms with E-state index < -0.39 is 11.4 Å². The predicted molar refractivity (Wildman–Crippen MR) is 84.9 cm³/mol. The smallest absolute Gasteiger partial charge is 0.254 e. The fourth-order valence-corrected chi connectivity index (χ4v) is 2.77. The molecule has 1 amide bonds. The third kappa shape index (κ3) is 3.13. The molecule has 0 saturated carbocycles. The number of piperidine rings is 1. The molecule has 1 aliphatic heterocycles. The van der Waals surface area contributed by atoms with Crippen LogP contribution in [-0.2, 0) is 0 Å². The van der Waals surface area contributed by atoms with Gasteiger partial charge in [-0.15, -0.1) is 12.4 Å². The number of nitrogens with one attached hydrogen (secondary N) is 1. The van der Waals surface area contributed by atoms with Gasteiger partial charge in [0, 0.05) is 30.6 Å². The maximum Gasteiger partial charge on any atom is 0.254 e. The number of halogens is 2. The van der Waals surface area contributed by atoms with Crippen LogP contribution in [0.5, 0.6) is 0 Å². The molecule has 0 spiro atoms. The third-order valence-electron chi connectivity index (χ3n) is 3.78. The lowest BCUT2D eigenvalue weighted by Crippen LogP contribution is -2.45. The molecular formula is C15H17ClFN3O2. The fourth-order valence-electron chi connectivity index (χ4n) is 2.77. The molecule has 1 aliphatic rings. The number of hydrogen-bond acceptors (Lipinski definition) is 3.